The highest BCUT2D eigenvalue weighted by Gasteiger charge is 2.28. The van der Waals surface area contributed by atoms with E-state index in [0.717, 1.165) is 55.8 Å². The third kappa shape index (κ3) is 4.43. The number of nitrogens with zero attached hydrogens (tertiary/aromatic N) is 3. The van der Waals surface area contributed by atoms with Crippen LogP contribution in [0.3, 0.4) is 0 Å². The molecule has 2 heterocycles. The van der Waals surface area contributed by atoms with Crippen LogP contribution in [0.2, 0.25) is 0 Å². The Morgan fingerprint density at radius 3 is 2.41 bits per heavy atom. The van der Waals surface area contributed by atoms with Gasteiger partial charge in [-0.15, -0.1) is 0 Å². The van der Waals surface area contributed by atoms with Gasteiger partial charge in [0.25, 0.3) is 0 Å². The van der Waals surface area contributed by atoms with Crippen molar-refractivity contribution in [2.45, 2.75) is 74.3 Å². The van der Waals surface area contributed by atoms with Crippen molar-refractivity contribution >= 4 is 20.9 Å². The molecule has 0 amide bonds. The van der Waals surface area contributed by atoms with Crippen LogP contribution in [0, 0.1) is 11.9 Å². The van der Waals surface area contributed by atoms with Gasteiger partial charge in [-0.1, -0.05) is 20.8 Å². The molecule has 1 aliphatic carbocycles. The summed E-state index contributed by atoms with van der Waals surface area (Å²) in [4.78, 5) is 8.29. The van der Waals surface area contributed by atoms with E-state index in [2.05, 4.69) is 30.3 Å². The molecule has 0 aliphatic heterocycles. The molecular weight excluding hydrogens is 429 g/mol. The Morgan fingerprint density at radius 1 is 1.09 bits per heavy atom. The second-order valence-corrected chi connectivity index (χ2v) is 11.6. The second-order valence-electron chi connectivity index (χ2n) is 9.64. The highest BCUT2D eigenvalue weighted by atomic mass is 32.2. The fourth-order valence-electron chi connectivity index (χ4n) is 4.53. The van der Waals surface area contributed by atoms with E-state index in [-0.39, 0.29) is 15.2 Å². The van der Waals surface area contributed by atoms with Gasteiger partial charge in [0, 0.05) is 31.3 Å². The summed E-state index contributed by atoms with van der Waals surface area (Å²) in [7, 11) is -2.10. The monoisotopic (exact) mass is 459 g/mol. The summed E-state index contributed by atoms with van der Waals surface area (Å²) in [5, 5.41) is 0. The first-order chi connectivity index (χ1) is 15.1. The molecule has 8 heteroatoms. The maximum atomic E-state index is 13.5. The number of sulfone groups is 1. The van der Waals surface area contributed by atoms with E-state index in [9.17, 15) is 12.8 Å². The predicted octanol–water partition coefficient (Wildman–Crippen LogP) is 4.91. The number of rotatable bonds is 5. The number of pyridine rings is 1. The van der Waals surface area contributed by atoms with Gasteiger partial charge in [-0.2, -0.15) is 4.39 Å². The van der Waals surface area contributed by atoms with Crippen LogP contribution in [0.1, 0.15) is 52.3 Å². The number of halogens is 1. The lowest BCUT2D eigenvalue weighted by Gasteiger charge is -2.29. The average molecular weight is 460 g/mol. The summed E-state index contributed by atoms with van der Waals surface area (Å²) in [6, 6.07) is 7.25. The molecule has 1 fully saturated rings. The summed E-state index contributed by atoms with van der Waals surface area (Å²) in [5.41, 5.74) is 1.36. The quantitative estimate of drug-likeness (QED) is 0.507. The molecule has 4 rings (SSSR count). The van der Waals surface area contributed by atoms with Gasteiger partial charge in [-0.25, -0.2) is 18.4 Å². The molecule has 6 nitrogen and oxygen atoms in total. The van der Waals surface area contributed by atoms with Crippen molar-refractivity contribution in [3.8, 4) is 0 Å². The first-order valence-electron chi connectivity index (χ1n) is 11.0. The van der Waals surface area contributed by atoms with Crippen LogP contribution in [0.15, 0.2) is 46.3 Å². The highest BCUT2D eigenvalue weighted by molar-refractivity contribution is 7.91. The molecule has 0 radical (unpaired) electrons. The Kier molecular flexibility index (Phi) is 6.11. The van der Waals surface area contributed by atoms with Crippen LogP contribution in [0.4, 0.5) is 4.39 Å². The van der Waals surface area contributed by atoms with E-state index < -0.39 is 15.8 Å². The van der Waals surface area contributed by atoms with Crippen molar-refractivity contribution in [2.75, 3.05) is 7.11 Å². The summed E-state index contributed by atoms with van der Waals surface area (Å²) in [5.74, 6) is 0.642. The third-order valence-electron chi connectivity index (χ3n) is 6.28. The molecule has 3 aromatic rings. The number of imidazole rings is 1. The van der Waals surface area contributed by atoms with E-state index in [1.54, 1.807) is 19.2 Å². The Bertz CT molecular complexity index is 1220. The Labute approximate surface area is 188 Å². The lowest BCUT2D eigenvalue weighted by Crippen LogP contribution is -2.26. The second kappa shape index (κ2) is 8.56. The third-order valence-corrected chi connectivity index (χ3v) is 8.03. The molecule has 1 saturated carbocycles. The van der Waals surface area contributed by atoms with Crippen molar-refractivity contribution in [3.63, 3.8) is 0 Å². The van der Waals surface area contributed by atoms with E-state index >= 15 is 0 Å². The zero-order chi connectivity index (χ0) is 23.1. The van der Waals surface area contributed by atoms with Crippen LogP contribution in [0.25, 0.3) is 11.0 Å². The normalized spacial score (nSPS) is 20.0. The molecule has 32 heavy (non-hydrogen) atoms. The molecule has 2 aromatic heterocycles. The van der Waals surface area contributed by atoms with Gasteiger partial charge in [0.05, 0.1) is 26.9 Å². The smallest absolute Gasteiger partial charge is 0.214 e. The number of benzene rings is 1. The first kappa shape index (κ1) is 22.9. The SMILES string of the molecule is CO[C@H]1CC[C@@H](Cn2c(C(C)(C)C)nc3cc(S(=O)(=O)c4ccnc(F)c4)ccc32)CC1. The number of aromatic nitrogens is 3. The zero-order valence-electron chi connectivity index (χ0n) is 19.0. The minimum absolute atomic E-state index is 0.0984. The topological polar surface area (TPSA) is 74.1 Å². The summed E-state index contributed by atoms with van der Waals surface area (Å²) in [6.45, 7) is 7.19. The number of ether oxygens (including phenoxy) is 1. The van der Waals surface area contributed by atoms with E-state index in [4.69, 9.17) is 9.72 Å². The number of fused-ring (bicyclic) bond motifs is 1. The Morgan fingerprint density at radius 2 is 1.78 bits per heavy atom. The molecule has 0 N–H and O–H groups in total. The standard InChI is InChI=1S/C24H30FN3O3S/c1-24(2,3)23-27-20-13-18(32(29,30)19-11-12-26-22(25)14-19)9-10-21(20)28(23)15-16-5-7-17(31-4)8-6-16/h9-14,16-17H,5-8,15H2,1-4H3/t16-,17+. The number of hydrogen-bond donors (Lipinski definition) is 0. The molecule has 0 saturated heterocycles. The molecule has 0 bridgehead atoms. The fraction of sp³-hybridized carbons (Fsp3) is 0.500. The van der Waals surface area contributed by atoms with E-state index in [1.807, 2.05) is 6.07 Å². The lowest BCUT2D eigenvalue weighted by molar-refractivity contribution is 0.0541. The van der Waals surface area contributed by atoms with Gasteiger partial charge in [0.1, 0.15) is 5.82 Å². The average Bonchev–Trinajstić information content (AvgIpc) is 3.12. The van der Waals surface area contributed by atoms with Crippen LogP contribution in [-0.4, -0.2) is 36.2 Å². The number of hydrogen-bond acceptors (Lipinski definition) is 5. The van der Waals surface area contributed by atoms with Crippen molar-refractivity contribution in [1.29, 1.82) is 0 Å². The Hall–Kier alpha value is -2.32. The first-order valence-corrected chi connectivity index (χ1v) is 12.5. The molecule has 0 spiro atoms. The van der Waals surface area contributed by atoms with Gasteiger partial charge in [0.2, 0.25) is 15.8 Å². The van der Waals surface area contributed by atoms with Gasteiger partial charge in [-0.3, -0.25) is 0 Å². The summed E-state index contributed by atoms with van der Waals surface area (Å²) in [6.07, 6.45) is 5.82. The lowest BCUT2D eigenvalue weighted by atomic mass is 9.87. The van der Waals surface area contributed by atoms with Crippen molar-refractivity contribution in [1.82, 2.24) is 14.5 Å². The van der Waals surface area contributed by atoms with Gasteiger partial charge >= 0.3 is 0 Å². The molecule has 0 atom stereocenters. The fourth-order valence-corrected chi connectivity index (χ4v) is 5.81. The molecular formula is C24H30FN3O3S. The molecule has 0 unspecified atom stereocenters. The minimum atomic E-state index is -3.87. The summed E-state index contributed by atoms with van der Waals surface area (Å²) >= 11 is 0. The van der Waals surface area contributed by atoms with Crippen molar-refractivity contribution < 1.29 is 17.5 Å². The highest BCUT2D eigenvalue weighted by Crippen LogP contribution is 2.33. The summed E-state index contributed by atoms with van der Waals surface area (Å²) < 4.78 is 47.4. The van der Waals surface area contributed by atoms with Crippen molar-refractivity contribution in [3.05, 3.63) is 48.3 Å². The van der Waals surface area contributed by atoms with Crippen molar-refractivity contribution in [2.24, 2.45) is 5.92 Å². The predicted molar refractivity (Wildman–Crippen MR) is 121 cm³/mol. The maximum absolute atomic E-state index is 13.5. The van der Waals surface area contributed by atoms with Crippen LogP contribution < -0.4 is 0 Å². The van der Waals surface area contributed by atoms with Crippen LogP contribution >= 0.6 is 0 Å². The van der Waals surface area contributed by atoms with Crippen LogP contribution in [-0.2, 0) is 26.5 Å². The van der Waals surface area contributed by atoms with E-state index in [1.165, 1.54) is 6.07 Å². The number of methoxy groups -OCH3 is 1. The Balaban J connectivity index is 1.73. The maximum Gasteiger partial charge on any atom is 0.214 e. The van der Waals surface area contributed by atoms with Gasteiger partial charge in [0.15, 0.2) is 0 Å². The van der Waals surface area contributed by atoms with Gasteiger partial charge in [-0.05, 0) is 55.9 Å². The van der Waals surface area contributed by atoms with Crippen LogP contribution in [0.5, 0.6) is 0 Å². The molecule has 1 aromatic carbocycles. The largest absolute Gasteiger partial charge is 0.381 e. The van der Waals surface area contributed by atoms with Gasteiger partial charge < -0.3 is 9.30 Å². The molecule has 1 aliphatic rings. The van der Waals surface area contributed by atoms with E-state index in [0.29, 0.717) is 17.5 Å². The zero-order valence-corrected chi connectivity index (χ0v) is 19.8. The minimum Gasteiger partial charge on any atom is -0.381 e. The molecule has 172 valence electrons.